The number of rotatable bonds is 2. The van der Waals surface area contributed by atoms with Crippen LogP contribution in [-0.2, 0) is 9.59 Å². The van der Waals surface area contributed by atoms with Crippen LogP contribution in [0.25, 0.3) is 0 Å². The van der Waals surface area contributed by atoms with E-state index < -0.39 is 0 Å². The van der Waals surface area contributed by atoms with Crippen LogP contribution in [0.5, 0.6) is 0 Å². The van der Waals surface area contributed by atoms with Crippen LogP contribution in [0.2, 0.25) is 0 Å². The lowest BCUT2D eigenvalue weighted by atomic mass is 10.2. The summed E-state index contributed by atoms with van der Waals surface area (Å²) in [6.45, 7) is 1.37. The summed E-state index contributed by atoms with van der Waals surface area (Å²) in [4.78, 5) is 25.1. The van der Waals surface area contributed by atoms with E-state index in [-0.39, 0.29) is 35.7 Å². The van der Waals surface area contributed by atoms with Gasteiger partial charge in [-0.3, -0.25) is 9.59 Å². The Kier molecular flexibility index (Phi) is 8.01. The minimum absolute atomic E-state index is 0.0157. The molecule has 22 heavy (non-hydrogen) atoms. The van der Waals surface area contributed by atoms with Crippen LogP contribution >= 0.6 is 23.2 Å². The molecule has 0 radical (unpaired) electrons. The van der Waals surface area contributed by atoms with Crippen molar-refractivity contribution in [3.63, 3.8) is 0 Å². The molecule has 2 saturated heterocycles. The van der Waals surface area contributed by atoms with Crippen LogP contribution in [0, 0.1) is 22.7 Å². The van der Waals surface area contributed by atoms with Crippen molar-refractivity contribution < 1.29 is 9.59 Å². The second-order valence-corrected chi connectivity index (χ2v) is 5.55. The molecule has 6 nitrogen and oxygen atoms in total. The van der Waals surface area contributed by atoms with Crippen molar-refractivity contribution in [2.75, 3.05) is 24.8 Å². The van der Waals surface area contributed by atoms with Gasteiger partial charge in [0.2, 0.25) is 11.8 Å². The number of hydrogen-bond donors (Lipinski definition) is 0. The smallest absolute Gasteiger partial charge is 0.238 e. The maximum atomic E-state index is 11.0. The zero-order valence-electron chi connectivity index (χ0n) is 12.2. The lowest BCUT2D eigenvalue weighted by Crippen LogP contribution is -2.35. The Morgan fingerprint density at radius 2 is 1.27 bits per heavy atom. The number of amides is 2. The molecule has 2 rings (SSSR count). The third-order valence-corrected chi connectivity index (χ3v) is 4.13. The average Bonchev–Trinajstić information content (AvgIpc) is 3.22. The Morgan fingerprint density at radius 3 is 1.55 bits per heavy atom. The summed E-state index contributed by atoms with van der Waals surface area (Å²) >= 11 is 10.7. The summed E-state index contributed by atoms with van der Waals surface area (Å²) in [5, 5.41) is 17.2. The molecule has 2 fully saturated rings. The molecule has 2 atom stereocenters. The Bertz CT molecular complexity index is 442. The molecule has 0 N–H and O–H groups in total. The van der Waals surface area contributed by atoms with Gasteiger partial charge in [0.25, 0.3) is 0 Å². The van der Waals surface area contributed by atoms with Gasteiger partial charge in [-0.05, 0) is 25.7 Å². The van der Waals surface area contributed by atoms with Gasteiger partial charge in [0.1, 0.15) is 23.8 Å². The van der Waals surface area contributed by atoms with Gasteiger partial charge in [0, 0.05) is 13.1 Å². The second-order valence-electron chi connectivity index (χ2n) is 5.02. The molecular weight excluding hydrogens is 327 g/mol. The SMILES string of the molecule is N#C[C@@H]1CCCN1C(=O)CCl.N#C[C@@H]1CCCN1C(=O)CCl. The molecule has 2 aliphatic rings. The van der Waals surface area contributed by atoms with Crippen molar-refractivity contribution in [1.82, 2.24) is 9.80 Å². The maximum absolute atomic E-state index is 11.0. The molecule has 2 aliphatic heterocycles. The number of carbonyl (C=O) groups is 2. The van der Waals surface area contributed by atoms with Crippen LogP contribution in [0.3, 0.4) is 0 Å². The number of hydrogen-bond acceptors (Lipinski definition) is 4. The fraction of sp³-hybridized carbons (Fsp3) is 0.714. The first kappa shape index (κ1) is 18.5. The van der Waals surface area contributed by atoms with Crippen molar-refractivity contribution >= 4 is 35.0 Å². The van der Waals surface area contributed by atoms with E-state index in [1.165, 1.54) is 0 Å². The van der Waals surface area contributed by atoms with Crippen molar-refractivity contribution in [2.24, 2.45) is 0 Å². The second kappa shape index (κ2) is 9.50. The van der Waals surface area contributed by atoms with Gasteiger partial charge in [0.15, 0.2) is 0 Å². The molecule has 2 amide bonds. The Morgan fingerprint density at radius 1 is 0.909 bits per heavy atom. The third-order valence-electron chi connectivity index (χ3n) is 3.67. The normalized spacial score (nSPS) is 23.3. The van der Waals surface area contributed by atoms with Gasteiger partial charge in [-0.2, -0.15) is 10.5 Å². The molecule has 0 aromatic heterocycles. The minimum Gasteiger partial charge on any atom is -0.326 e. The Hall–Kier alpha value is -1.50. The van der Waals surface area contributed by atoms with Gasteiger partial charge >= 0.3 is 0 Å². The fourth-order valence-electron chi connectivity index (χ4n) is 2.55. The summed E-state index contributed by atoms with van der Waals surface area (Å²) in [5.74, 6) is -0.289. The maximum Gasteiger partial charge on any atom is 0.238 e. The molecule has 0 bridgehead atoms. The van der Waals surface area contributed by atoms with Crippen LogP contribution in [-0.4, -0.2) is 58.5 Å². The Labute approximate surface area is 140 Å². The molecule has 0 aliphatic carbocycles. The minimum atomic E-state index is -0.235. The van der Waals surface area contributed by atoms with Crippen molar-refractivity contribution in [1.29, 1.82) is 10.5 Å². The van der Waals surface area contributed by atoms with Crippen LogP contribution in [0.4, 0.5) is 0 Å². The van der Waals surface area contributed by atoms with Gasteiger partial charge < -0.3 is 9.80 Å². The predicted octanol–water partition coefficient (Wildman–Crippen LogP) is 1.48. The largest absolute Gasteiger partial charge is 0.326 e. The fourth-order valence-corrected chi connectivity index (χ4v) is 2.86. The topological polar surface area (TPSA) is 88.2 Å². The van der Waals surface area contributed by atoms with E-state index >= 15 is 0 Å². The number of halogens is 2. The molecule has 2 heterocycles. The number of nitrogens with zero attached hydrogens (tertiary/aromatic N) is 4. The summed E-state index contributed by atoms with van der Waals surface area (Å²) in [6, 6.07) is 3.68. The van der Waals surface area contributed by atoms with Crippen LogP contribution in [0.1, 0.15) is 25.7 Å². The lowest BCUT2D eigenvalue weighted by Gasteiger charge is -2.17. The highest BCUT2D eigenvalue weighted by Gasteiger charge is 2.28. The first-order chi connectivity index (χ1) is 10.6. The third kappa shape index (κ3) is 4.76. The summed E-state index contributed by atoms with van der Waals surface area (Å²) in [7, 11) is 0. The van der Waals surface area contributed by atoms with Gasteiger partial charge in [0.05, 0.1) is 12.1 Å². The summed E-state index contributed by atoms with van der Waals surface area (Å²) in [6.07, 6.45) is 3.42. The van der Waals surface area contributed by atoms with E-state index in [0.717, 1.165) is 25.7 Å². The van der Waals surface area contributed by atoms with E-state index in [9.17, 15) is 9.59 Å². The first-order valence-corrected chi connectivity index (χ1v) is 8.16. The molecule has 8 heteroatoms. The number of alkyl halides is 2. The Balaban J connectivity index is 0.000000220. The molecule has 0 aromatic rings. The number of carbonyl (C=O) groups excluding carboxylic acids is 2. The lowest BCUT2D eigenvalue weighted by molar-refractivity contribution is -0.129. The van der Waals surface area contributed by atoms with Gasteiger partial charge in [-0.15, -0.1) is 23.2 Å². The highest BCUT2D eigenvalue weighted by Crippen LogP contribution is 2.17. The quantitative estimate of drug-likeness (QED) is 0.709. The monoisotopic (exact) mass is 344 g/mol. The summed E-state index contributed by atoms with van der Waals surface area (Å²) < 4.78 is 0. The van der Waals surface area contributed by atoms with E-state index in [1.54, 1.807) is 9.80 Å². The molecule has 0 unspecified atom stereocenters. The van der Waals surface area contributed by atoms with E-state index in [0.29, 0.717) is 13.1 Å². The van der Waals surface area contributed by atoms with Crippen molar-refractivity contribution in [3.05, 3.63) is 0 Å². The first-order valence-electron chi connectivity index (χ1n) is 7.09. The van der Waals surface area contributed by atoms with Crippen LogP contribution < -0.4 is 0 Å². The molecule has 0 aromatic carbocycles. The standard InChI is InChI=1S/2C7H9ClN2O/c2*8-4-7(11)10-3-1-2-6(10)5-9/h2*6H,1-4H2/t2*6-/m00/s1. The molecular formula is C14H18Cl2N4O2. The average molecular weight is 345 g/mol. The van der Waals surface area contributed by atoms with E-state index in [2.05, 4.69) is 12.1 Å². The van der Waals surface area contributed by atoms with Gasteiger partial charge in [-0.1, -0.05) is 0 Å². The number of likely N-dealkylation sites (tertiary alicyclic amines) is 2. The molecule has 120 valence electrons. The van der Waals surface area contributed by atoms with Gasteiger partial charge in [-0.25, -0.2) is 0 Å². The van der Waals surface area contributed by atoms with E-state index in [4.69, 9.17) is 33.7 Å². The summed E-state index contributed by atoms with van der Waals surface area (Å²) in [5.41, 5.74) is 0. The van der Waals surface area contributed by atoms with Crippen molar-refractivity contribution in [3.8, 4) is 12.1 Å². The van der Waals surface area contributed by atoms with Crippen molar-refractivity contribution in [2.45, 2.75) is 37.8 Å². The highest BCUT2D eigenvalue weighted by molar-refractivity contribution is 6.27. The zero-order chi connectivity index (χ0) is 16.5. The highest BCUT2D eigenvalue weighted by atomic mass is 35.5. The molecule has 0 spiro atoms. The van der Waals surface area contributed by atoms with Crippen LogP contribution in [0.15, 0.2) is 0 Å². The zero-order valence-corrected chi connectivity index (χ0v) is 13.7. The van der Waals surface area contributed by atoms with E-state index in [1.807, 2.05) is 0 Å². The predicted molar refractivity (Wildman–Crippen MR) is 82.1 cm³/mol. The number of nitriles is 2. The molecule has 0 saturated carbocycles.